The summed E-state index contributed by atoms with van der Waals surface area (Å²) in [6.45, 7) is 8.93. The highest BCUT2D eigenvalue weighted by molar-refractivity contribution is 7.17. The Morgan fingerprint density at radius 2 is 2.07 bits per heavy atom. The van der Waals surface area contributed by atoms with Gasteiger partial charge in [-0.3, -0.25) is 4.79 Å². The Bertz CT molecular complexity index is 825. The van der Waals surface area contributed by atoms with Gasteiger partial charge in [0.1, 0.15) is 12.4 Å². The number of piperazine rings is 1. The van der Waals surface area contributed by atoms with Gasteiger partial charge in [-0.15, -0.1) is 11.3 Å². The number of ether oxygens (including phenoxy) is 1. The minimum absolute atomic E-state index is 0.0305. The number of aryl methyl sites for hydroxylation is 1. The SMILES string of the molecule is Cc1cccc2c1-c1sc(C(=O)NCCCN3CCN(C)CC3)cc1CO2. The zero-order valence-electron chi connectivity index (χ0n) is 16.1. The Balaban J connectivity index is 1.34. The molecule has 0 unspecified atom stereocenters. The lowest BCUT2D eigenvalue weighted by Crippen LogP contribution is -2.45. The molecule has 144 valence electrons. The molecule has 2 aliphatic rings. The Labute approximate surface area is 164 Å². The highest BCUT2D eigenvalue weighted by atomic mass is 32.1. The van der Waals surface area contributed by atoms with Gasteiger partial charge in [-0.1, -0.05) is 12.1 Å². The van der Waals surface area contributed by atoms with E-state index in [0.29, 0.717) is 6.61 Å². The highest BCUT2D eigenvalue weighted by Gasteiger charge is 2.24. The number of likely N-dealkylation sites (N-methyl/N-ethyl adjacent to an activating group) is 1. The molecular weight excluding hydrogens is 358 g/mol. The number of fused-ring (bicyclic) bond motifs is 3. The fourth-order valence-electron chi connectivity index (χ4n) is 3.73. The number of hydrogen-bond acceptors (Lipinski definition) is 5. The van der Waals surface area contributed by atoms with E-state index in [-0.39, 0.29) is 5.91 Å². The standard InChI is InChI=1S/C21H27N3O2S/c1-15-5-3-6-17-19(15)20-16(14-26-17)13-18(27-20)21(25)22-7-4-8-24-11-9-23(2)10-12-24/h3,5-6,13H,4,7-12,14H2,1-2H3,(H,22,25). The molecule has 1 saturated heterocycles. The third-order valence-electron chi connectivity index (χ3n) is 5.41. The van der Waals surface area contributed by atoms with Crippen molar-refractivity contribution < 1.29 is 9.53 Å². The van der Waals surface area contributed by atoms with Crippen LogP contribution < -0.4 is 10.1 Å². The molecule has 3 heterocycles. The lowest BCUT2D eigenvalue weighted by Gasteiger charge is -2.32. The number of rotatable bonds is 5. The summed E-state index contributed by atoms with van der Waals surface area (Å²) in [7, 11) is 2.17. The Hall–Kier alpha value is -1.89. The molecule has 4 rings (SSSR count). The molecule has 0 saturated carbocycles. The van der Waals surface area contributed by atoms with E-state index >= 15 is 0 Å². The molecule has 0 spiro atoms. The van der Waals surface area contributed by atoms with Crippen LogP contribution in [0.2, 0.25) is 0 Å². The predicted molar refractivity (Wildman–Crippen MR) is 110 cm³/mol. The van der Waals surface area contributed by atoms with Crippen molar-refractivity contribution in [2.45, 2.75) is 20.0 Å². The fraction of sp³-hybridized carbons (Fsp3) is 0.476. The van der Waals surface area contributed by atoms with E-state index in [1.165, 1.54) is 10.4 Å². The zero-order valence-corrected chi connectivity index (χ0v) is 16.9. The van der Waals surface area contributed by atoms with E-state index in [1.54, 1.807) is 11.3 Å². The highest BCUT2D eigenvalue weighted by Crippen LogP contribution is 2.44. The Morgan fingerprint density at radius 3 is 2.89 bits per heavy atom. The van der Waals surface area contributed by atoms with Gasteiger partial charge in [0.2, 0.25) is 0 Å². The van der Waals surface area contributed by atoms with Gasteiger partial charge in [-0.05, 0) is 44.6 Å². The molecule has 0 bridgehead atoms. The van der Waals surface area contributed by atoms with Gasteiger partial charge < -0.3 is 19.9 Å². The molecule has 2 aromatic rings. The molecule has 0 aliphatic carbocycles. The fourth-order valence-corrected chi connectivity index (χ4v) is 4.93. The molecule has 6 heteroatoms. The van der Waals surface area contributed by atoms with Gasteiger partial charge in [0.15, 0.2) is 0 Å². The largest absolute Gasteiger partial charge is 0.488 e. The number of carbonyl (C=O) groups is 1. The van der Waals surface area contributed by atoms with Crippen molar-refractivity contribution >= 4 is 17.2 Å². The summed E-state index contributed by atoms with van der Waals surface area (Å²) >= 11 is 1.58. The van der Waals surface area contributed by atoms with Crippen molar-refractivity contribution in [3.05, 3.63) is 40.3 Å². The summed E-state index contributed by atoms with van der Waals surface area (Å²) in [5.74, 6) is 0.950. The average Bonchev–Trinajstić information content (AvgIpc) is 3.11. The van der Waals surface area contributed by atoms with E-state index in [0.717, 1.165) is 67.4 Å². The predicted octanol–water partition coefficient (Wildman–Crippen LogP) is 2.98. The minimum Gasteiger partial charge on any atom is -0.488 e. The van der Waals surface area contributed by atoms with Crippen LogP contribution >= 0.6 is 11.3 Å². The quantitative estimate of drug-likeness (QED) is 0.804. The van der Waals surface area contributed by atoms with E-state index < -0.39 is 0 Å². The topological polar surface area (TPSA) is 44.8 Å². The first kappa shape index (κ1) is 18.5. The van der Waals surface area contributed by atoms with Gasteiger partial charge >= 0.3 is 0 Å². The van der Waals surface area contributed by atoms with Crippen LogP contribution in [-0.4, -0.2) is 62.0 Å². The molecular formula is C21H27N3O2S. The monoisotopic (exact) mass is 385 g/mol. The van der Waals surface area contributed by atoms with Crippen LogP contribution in [0.3, 0.4) is 0 Å². The van der Waals surface area contributed by atoms with Crippen molar-refractivity contribution in [1.82, 2.24) is 15.1 Å². The smallest absolute Gasteiger partial charge is 0.261 e. The van der Waals surface area contributed by atoms with Crippen LogP contribution in [0.4, 0.5) is 0 Å². The van der Waals surface area contributed by atoms with Crippen molar-refractivity contribution in [3.63, 3.8) is 0 Å². The second kappa shape index (κ2) is 8.00. The maximum absolute atomic E-state index is 12.6. The molecule has 0 atom stereocenters. The van der Waals surface area contributed by atoms with Gasteiger partial charge in [0, 0.05) is 48.7 Å². The van der Waals surface area contributed by atoms with E-state index in [2.05, 4.69) is 35.2 Å². The summed E-state index contributed by atoms with van der Waals surface area (Å²) in [6.07, 6.45) is 0.992. The first-order valence-corrected chi connectivity index (χ1v) is 10.5. The molecule has 0 radical (unpaired) electrons. The molecule has 1 aromatic heterocycles. The number of thiophene rings is 1. The molecule has 5 nitrogen and oxygen atoms in total. The van der Waals surface area contributed by atoms with Crippen LogP contribution in [0.15, 0.2) is 24.3 Å². The maximum atomic E-state index is 12.6. The van der Waals surface area contributed by atoms with E-state index in [9.17, 15) is 4.79 Å². The molecule has 2 aliphatic heterocycles. The summed E-state index contributed by atoms with van der Waals surface area (Å²) in [5.41, 5.74) is 3.44. The number of benzene rings is 1. The summed E-state index contributed by atoms with van der Waals surface area (Å²) in [6, 6.07) is 8.10. The summed E-state index contributed by atoms with van der Waals surface area (Å²) in [5, 5.41) is 3.09. The zero-order chi connectivity index (χ0) is 18.8. The van der Waals surface area contributed by atoms with Crippen molar-refractivity contribution in [1.29, 1.82) is 0 Å². The molecule has 1 aromatic carbocycles. The van der Waals surface area contributed by atoms with Crippen molar-refractivity contribution in [3.8, 4) is 16.2 Å². The normalized spacial score (nSPS) is 17.1. The second-order valence-corrected chi connectivity index (χ2v) is 8.51. The van der Waals surface area contributed by atoms with Crippen molar-refractivity contribution in [2.24, 2.45) is 0 Å². The van der Waals surface area contributed by atoms with Crippen molar-refractivity contribution in [2.75, 3.05) is 46.3 Å². The molecule has 1 N–H and O–H groups in total. The van der Waals surface area contributed by atoms with E-state index in [1.807, 2.05) is 18.2 Å². The Kier molecular flexibility index (Phi) is 5.48. The van der Waals surface area contributed by atoms with Crippen LogP contribution in [-0.2, 0) is 6.61 Å². The van der Waals surface area contributed by atoms with Crippen LogP contribution in [0.5, 0.6) is 5.75 Å². The van der Waals surface area contributed by atoms with Crippen LogP contribution in [0.1, 0.15) is 27.2 Å². The number of nitrogens with one attached hydrogen (secondary N) is 1. The number of hydrogen-bond donors (Lipinski definition) is 1. The van der Waals surface area contributed by atoms with Gasteiger partial charge in [0.25, 0.3) is 5.91 Å². The summed E-state index contributed by atoms with van der Waals surface area (Å²) in [4.78, 5) is 19.4. The molecule has 27 heavy (non-hydrogen) atoms. The first-order chi connectivity index (χ1) is 13.1. The summed E-state index contributed by atoms with van der Waals surface area (Å²) < 4.78 is 5.86. The number of carbonyl (C=O) groups excluding carboxylic acids is 1. The van der Waals surface area contributed by atoms with E-state index in [4.69, 9.17) is 4.74 Å². The van der Waals surface area contributed by atoms with Gasteiger partial charge in [-0.2, -0.15) is 0 Å². The first-order valence-electron chi connectivity index (χ1n) is 9.66. The van der Waals surface area contributed by atoms with Crippen LogP contribution in [0.25, 0.3) is 10.4 Å². The number of nitrogens with zero attached hydrogens (tertiary/aromatic N) is 2. The van der Waals surface area contributed by atoms with Gasteiger partial charge in [-0.25, -0.2) is 0 Å². The molecule has 1 amide bonds. The third kappa shape index (κ3) is 4.03. The number of amides is 1. The third-order valence-corrected chi connectivity index (χ3v) is 6.60. The van der Waals surface area contributed by atoms with Crippen LogP contribution in [0, 0.1) is 6.92 Å². The maximum Gasteiger partial charge on any atom is 0.261 e. The average molecular weight is 386 g/mol. The Morgan fingerprint density at radius 1 is 1.26 bits per heavy atom. The lowest BCUT2D eigenvalue weighted by molar-refractivity contribution is 0.0953. The lowest BCUT2D eigenvalue weighted by atomic mass is 10.0. The second-order valence-electron chi connectivity index (χ2n) is 7.46. The molecule has 1 fully saturated rings. The minimum atomic E-state index is 0.0305. The van der Waals surface area contributed by atoms with Gasteiger partial charge in [0.05, 0.1) is 4.88 Å².